The van der Waals surface area contributed by atoms with Crippen molar-refractivity contribution in [2.75, 3.05) is 0 Å². The molecule has 6 nitrogen and oxygen atoms in total. The molecule has 1 aromatic rings. The molecule has 0 bridgehead atoms. The fourth-order valence-corrected chi connectivity index (χ4v) is 1.58. The number of nitrogens with one attached hydrogen (secondary N) is 2. The Kier molecular flexibility index (Phi) is 4.88. The number of carboxylic acids is 1. The molecule has 0 aliphatic heterocycles. The highest BCUT2D eigenvalue weighted by atomic mass is 16.4. The van der Waals surface area contributed by atoms with E-state index in [2.05, 4.69) is 15.5 Å². The maximum Gasteiger partial charge on any atom is 0.326 e. The molecule has 0 aliphatic carbocycles. The van der Waals surface area contributed by atoms with E-state index in [9.17, 15) is 9.59 Å². The van der Waals surface area contributed by atoms with Crippen molar-refractivity contribution in [3.05, 3.63) is 17.5 Å². The summed E-state index contributed by atoms with van der Waals surface area (Å²) in [7, 11) is 0. The lowest BCUT2D eigenvalue weighted by atomic mass is 10.0. The number of carboxylic acid groups (broad SMARTS) is 1. The first-order chi connectivity index (χ1) is 8.43. The van der Waals surface area contributed by atoms with Gasteiger partial charge in [0.05, 0.1) is 0 Å². The molecule has 0 spiro atoms. The molecule has 0 fully saturated rings. The van der Waals surface area contributed by atoms with Gasteiger partial charge in [-0.15, -0.1) is 0 Å². The van der Waals surface area contributed by atoms with Crippen molar-refractivity contribution in [3.8, 4) is 0 Å². The molecule has 1 atom stereocenters. The van der Waals surface area contributed by atoms with E-state index in [-0.39, 0.29) is 11.6 Å². The van der Waals surface area contributed by atoms with Crippen LogP contribution in [0.2, 0.25) is 0 Å². The molecule has 1 unspecified atom stereocenters. The SMILES string of the molecule is CCc1cc(C(=O)NC(CC(C)C)C(=O)O)n[nH]1. The molecule has 6 heteroatoms. The molecule has 0 saturated carbocycles. The number of hydrogen-bond acceptors (Lipinski definition) is 3. The number of nitrogens with zero attached hydrogens (tertiary/aromatic N) is 1. The molecular formula is C12H19N3O3. The van der Waals surface area contributed by atoms with E-state index >= 15 is 0 Å². The lowest BCUT2D eigenvalue weighted by Gasteiger charge is -2.15. The highest BCUT2D eigenvalue weighted by Crippen LogP contribution is 2.07. The summed E-state index contributed by atoms with van der Waals surface area (Å²) in [5.74, 6) is -1.29. The number of aromatic nitrogens is 2. The number of rotatable bonds is 6. The van der Waals surface area contributed by atoms with Crippen LogP contribution >= 0.6 is 0 Å². The van der Waals surface area contributed by atoms with Gasteiger partial charge in [-0.25, -0.2) is 4.79 Å². The zero-order valence-electron chi connectivity index (χ0n) is 10.9. The Hall–Kier alpha value is -1.85. The molecule has 18 heavy (non-hydrogen) atoms. The highest BCUT2D eigenvalue weighted by molar-refractivity contribution is 5.95. The summed E-state index contributed by atoms with van der Waals surface area (Å²) >= 11 is 0. The van der Waals surface area contributed by atoms with Gasteiger partial charge in [0, 0.05) is 5.69 Å². The lowest BCUT2D eigenvalue weighted by Crippen LogP contribution is -2.41. The van der Waals surface area contributed by atoms with E-state index in [4.69, 9.17) is 5.11 Å². The van der Waals surface area contributed by atoms with E-state index in [0.717, 1.165) is 12.1 Å². The molecule has 3 N–H and O–H groups in total. The minimum absolute atomic E-state index is 0.191. The Morgan fingerprint density at radius 2 is 2.17 bits per heavy atom. The fraction of sp³-hybridized carbons (Fsp3) is 0.583. The summed E-state index contributed by atoms with van der Waals surface area (Å²) in [6.45, 7) is 5.76. The summed E-state index contributed by atoms with van der Waals surface area (Å²) in [6, 6.07) is 0.753. The van der Waals surface area contributed by atoms with E-state index in [1.54, 1.807) is 6.07 Å². The Morgan fingerprint density at radius 3 is 2.61 bits per heavy atom. The average molecular weight is 253 g/mol. The summed E-state index contributed by atoms with van der Waals surface area (Å²) in [6.07, 6.45) is 1.14. The number of H-pyrrole nitrogens is 1. The molecular weight excluding hydrogens is 234 g/mol. The first-order valence-electron chi connectivity index (χ1n) is 6.02. The number of hydrogen-bond donors (Lipinski definition) is 3. The predicted octanol–water partition coefficient (Wildman–Crippen LogP) is 1.20. The molecule has 1 heterocycles. The second kappa shape index (κ2) is 6.18. The summed E-state index contributed by atoms with van der Waals surface area (Å²) in [5.41, 5.74) is 1.07. The standard InChI is InChI=1S/C12H19N3O3/c1-4-8-6-9(15-14-8)11(16)13-10(12(17)18)5-7(2)3/h6-7,10H,4-5H2,1-3H3,(H,13,16)(H,14,15)(H,17,18). The number of aryl methyl sites for hydroxylation is 1. The molecule has 1 amide bonds. The van der Waals surface area contributed by atoms with E-state index in [1.807, 2.05) is 20.8 Å². The van der Waals surface area contributed by atoms with Crippen LogP contribution in [-0.2, 0) is 11.2 Å². The van der Waals surface area contributed by atoms with Gasteiger partial charge in [0.2, 0.25) is 0 Å². The van der Waals surface area contributed by atoms with Crippen molar-refractivity contribution in [2.24, 2.45) is 5.92 Å². The number of carbonyl (C=O) groups excluding carboxylic acids is 1. The monoisotopic (exact) mass is 253 g/mol. The van der Waals surface area contributed by atoms with Gasteiger partial charge in [0.25, 0.3) is 5.91 Å². The summed E-state index contributed by atoms with van der Waals surface area (Å²) in [5, 5.41) is 18.1. The van der Waals surface area contributed by atoms with E-state index in [1.165, 1.54) is 0 Å². The Labute approximate surface area is 106 Å². The minimum Gasteiger partial charge on any atom is -0.480 e. The van der Waals surface area contributed by atoms with Crippen LogP contribution in [0.3, 0.4) is 0 Å². The van der Waals surface area contributed by atoms with Crippen molar-refractivity contribution in [3.63, 3.8) is 0 Å². The van der Waals surface area contributed by atoms with Crippen LogP contribution in [0.15, 0.2) is 6.07 Å². The van der Waals surface area contributed by atoms with Crippen LogP contribution < -0.4 is 5.32 Å². The van der Waals surface area contributed by atoms with Crippen LogP contribution in [0.1, 0.15) is 43.4 Å². The van der Waals surface area contributed by atoms with E-state index < -0.39 is 17.9 Å². The van der Waals surface area contributed by atoms with Crippen molar-refractivity contribution in [2.45, 2.75) is 39.7 Å². The van der Waals surface area contributed by atoms with Crippen molar-refractivity contribution < 1.29 is 14.7 Å². The minimum atomic E-state index is -1.02. The number of carbonyl (C=O) groups is 2. The number of aromatic amines is 1. The number of amides is 1. The first-order valence-corrected chi connectivity index (χ1v) is 6.02. The van der Waals surface area contributed by atoms with E-state index in [0.29, 0.717) is 6.42 Å². The largest absolute Gasteiger partial charge is 0.480 e. The summed E-state index contributed by atoms with van der Waals surface area (Å²) < 4.78 is 0. The third-order valence-corrected chi connectivity index (χ3v) is 2.55. The van der Waals surface area contributed by atoms with Crippen molar-refractivity contribution in [1.29, 1.82) is 0 Å². The topological polar surface area (TPSA) is 95.1 Å². The van der Waals surface area contributed by atoms with Crippen molar-refractivity contribution >= 4 is 11.9 Å². The molecule has 0 aliphatic rings. The van der Waals surface area contributed by atoms with Crippen LogP contribution in [0.25, 0.3) is 0 Å². The van der Waals surface area contributed by atoms with Gasteiger partial charge < -0.3 is 10.4 Å². The zero-order valence-corrected chi connectivity index (χ0v) is 10.9. The normalized spacial score (nSPS) is 12.4. The molecule has 1 rings (SSSR count). The zero-order chi connectivity index (χ0) is 13.7. The third-order valence-electron chi connectivity index (χ3n) is 2.55. The highest BCUT2D eigenvalue weighted by Gasteiger charge is 2.22. The third kappa shape index (κ3) is 3.87. The predicted molar refractivity (Wildman–Crippen MR) is 66.3 cm³/mol. The van der Waals surface area contributed by atoms with Crippen LogP contribution in [-0.4, -0.2) is 33.2 Å². The molecule has 0 saturated heterocycles. The fourth-order valence-electron chi connectivity index (χ4n) is 1.58. The van der Waals surface area contributed by atoms with Gasteiger partial charge in [-0.1, -0.05) is 20.8 Å². The van der Waals surface area contributed by atoms with Gasteiger partial charge in [-0.05, 0) is 24.8 Å². The maximum absolute atomic E-state index is 11.8. The summed E-state index contributed by atoms with van der Waals surface area (Å²) in [4.78, 5) is 22.8. The van der Waals surface area contributed by atoms with Gasteiger partial charge >= 0.3 is 5.97 Å². The lowest BCUT2D eigenvalue weighted by molar-refractivity contribution is -0.139. The quantitative estimate of drug-likeness (QED) is 0.710. The van der Waals surface area contributed by atoms with Gasteiger partial charge in [0.1, 0.15) is 11.7 Å². The molecule has 100 valence electrons. The van der Waals surface area contributed by atoms with Crippen LogP contribution in [0.5, 0.6) is 0 Å². The maximum atomic E-state index is 11.8. The Balaban J connectivity index is 2.69. The smallest absolute Gasteiger partial charge is 0.326 e. The Morgan fingerprint density at radius 1 is 1.50 bits per heavy atom. The van der Waals surface area contributed by atoms with Crippen molar-refractivity contribution in [1.82, 2.24) is 15.5 Å². The number of aliphatic carboxylic acids is 1. The van der Waals surface area contributed by atoms with Crippen LogP contribution in [0.4, 0.5) is 0 Å². The van der Waals surface area contributed by atoms with Gasteiger partial charge in [-0.3, -0.25) is 9.89 Å². The van der Waals surface area contributed by atoms with Crippen LogP contribution in [0, 0.1) is 5.92 Å². The second-order valence-electron chi connectivity index (χ2n) is 4.63. The van der Waals surface area contributed by atoms with Gasteiger partial charge in [-0.2, -0.15) is 5.10 Å². The molecule has 1 aromatic heterocycles. The molecule has 0 aromatic carbocycles. The van der Waals surface area contributed by atoms with Gasteiger partial charge in [0.15, 0.2) is 0 Å². The average Bonchev–Trinajstić information content (AvgIpc) is 2.75. The second-order valence-corrected chi connectivity index (χ2v) is 4.63. The Bertz CT molecular complexity index is 426. The first kappa shape index (κ1) is 14.2. The molecule has 0 radical (unpaired) electrons.